The zero-order chi connectivity index (χ0) is 11.2. The first-order chi connectivity index (χ1) is 6.94. The molecule has 1 aliphatic heterocycles. The van der Waals surface area contributed by atoms with Gasteiger partial charge in [-0.2, -0.15) is 5.26 Å². The quantitative estimate of drug-likeness (QED) is 0.682. The molecule has 0 fully saturated rings. The molecule has 0 bridgehead atoms. The zero-order valence-electron chi connectivity index (χ0n) is 9.02. The molecule has 78 valence electrons. The lowest BCUT2D eigenvalue weighted by Crippen LogP contribution is -2.12. The second-order valence-electron chi connectivity index (χ2n) is 4.49. The first-order valence-corrected chi connectivity index (χ1v) is 6.05. The highest BCUT2D eigenvalue weighted by Crippen LogP contribution is 2.48. The third-order valence-corrected chi connectivity index (χ3v) is 4.46. The van der Waals surface area contributed by atoms with Crippen molar-refractivity contribution in [1.82, 2.24) is 0 Å². The number of hydrogen-bond acceptors (Lipinski definition) is 2. The van der Waals surface area contributed by atoms with Gasteiger partial charge in [0.05, 0.1) is 5.56 Å². The molecule has 0 radical (unpaired) electrons. The van der Waals surface area contributed by atoms with Crippen molar-refractivity contribution in [2.24, 2.45) is 0 Å². The van der Waals surface area contributed by atoms with Crippen molar-refractivity contribution in [2.45, 2.75) is 36.8 Å². The van der Waals surface area contributed by atoms with Crippen LogP contribution >= 0.6 is 23.4 Å². The number of halogens is 1. The first-order valence-electron chi connectivity index (χ1n) is 4.86. The number of hydrogen-bond donors (Lipinski definition) is 0. The van der Waals surface area contributed by atoms with E-state index < -0.39 is 0 Å². The number of fused-ring (bicyclic) bond motifs is 1. The Bertz CT molecular complexity index is 471. The SMILES string of the molecule is Cc1c(Cl)cc(C#N)c2c1CC(C)(C)S2. The molecule has 1 heterocycles. The largest absolute Gasteiger partial charge is 0.192 e. The van der Waals surface area contributed by atoms with E-state index in [0.29, 0.717) is 5.02 Å². The average molecular weight is 238 g/mol. The van der Waals surface area contributed by atoms with Crippen LogP contribution < -0.4 is 0 Å². The van der Waals surface area contributed by atoms with E-state index in [2.05, 4.69) is 19.9 Å². The smallest absolute Gasteiger partial charge is 0.100 e. The number of nitrogens with zero attached hydrogens (tertiary/aromatic N) is 1. The van der Waals surface area contributed by atoms with Gasteiger partial charge in [-0.3, -0.25) is 0 Å². The van der Waals surface area contributed by atoms with E-state index >= 15 is 0 Å². The molecule has 0 amide bonds. The maximum Gasteiger partial charge on any atom is 0.100 e. The molecular weight excluding hydrogens is 226 g/mol. The summed E-state index contributed by atoms with van der Waals surface area (Å²) in [7, 11) is 0. The van der Waals surface area contributed by atoms with Gasteiger partial charge in [0.2, 0.25) is 0 Å². The Kier molecular flexibility index (Phi) is 2.48. The van der Waals surface area contributed by atoms with Crippen molar-refractivity contribution in [3.05, 3.63) is 27.8 Å². The lowest BCUT2D eigenvalue weighted by molar-refractivity contribution is 0.720. The minimum absolute atomic E-state index is 0.184. The topological polar surface area (TPSA) is 23.8 Å². The fourth-order valence-corrected chi connectivity index (χ4v) is 3.48. The van der Waals surface area contributed by atoms with Gasteiger partial charge in [-0.1, -0.05) is 25.4 Å². The minimum Gasteiger partial charge on any atom is -0.192 e. The maximum atomic E-state index is 9.07. The third kappa shape index (κ3) is 1.75. The van der Waals surface area contributed by atoms with Crippen LogP contribution in [-0.2, 0) is 6.42 Å². The summed E-state index contributed by atoms with van der Waals surface area (Å²) >= 11 is 7.90. The van der Waals surface area contributed by atoms with Crippen LogP contribution in [0.3, 0.4) is 0 Å². The number of rotatable bonds is 0. The van der Waals surface area contributed by atoms with Gasteiger partial charge in [-0.25, -0.2) is 0 Å². The van der Waals surface area contributed by atoms with E-state index in [-0.39, 0.29) is 4.75 Å². The van der Waals surface area contributed by atoms with Crippen LogP contribution in [0.4, 0.5) is 0 Å². The molecule has 1 aromatic carbocycles. The van der Waals surface area contributed by atoms with Crippen LogP contribution in [0.1, 0.15) is 30.5 Å². The van der Waals surface area contributed by atoms with E-state index in [0.717, 1.165) is 22.4 Å². The van der Waals surface area contributed by atoms with E-state index in [9.17, 15) is 0 Å². The monoisotopic (exact) mass is 237 g/mol. The van der Waals surface area contributed by atoms with Crippen molar-refractivity contribution < 1.29 is 0 Å². The predicted octanol–water partition coefficient (Wildman–Crippen LogP) is 3.95. The fourth-order valence-electron chi connectivity index (χ4n) is 1.93. The zero-order valence-corrected chi connectivity index (χ0v) is 10.6. The summed E-state index contributed by atoms with van der Waals surface area (Å²) < 4.78 is 0.184. The Morgan fingerprint density at radius 2 is 2.20 bits per heavy atom. The second-order valence-corrected chi connectivity index (χ2v) is 6.61. The standard InChI is InChI=1S/C12H12ClNS/c1-7-9-5-12(2,3)15-11(9)8(6-14)4-10(7)13/h4H,5H2,1-3H3. The number of nitriles is 1. The first kappa shape index (κ1) is 10.9. The van der Waals surface area contributed by atoms with E-state index in [4.69, 9.17) is 16.9 Å². The molecule has 0 saturated heterocycles. The molecule has 0 N–H and O–H groups in total. The number of benzene rings is 1. The third-order valence-electron chi connectivity index (χ3n) is 2.70. The van der Waals surface area contributed by atoms with Crippen LogP contribution in [0.15, 0.2) is 11.0 Å². The molecule has 2 rings (SSSR count). The molecule has 1 aromatic rings. The molecule has 3 heteroatoms. The van der Waals surface area contributed by atoms with Crippen LogP contribution in [0.2, 0.25) is 5.02 Å². The molecule has 1 aliphatic rings. The van der Waals surface area contributed by atoms with Gasteiger partial charge in [0.25, 0.3) is 0 Å². The summed E-state index contributed by atoms with van der Waals surface area (Å²) in [5, 5.41) is 9.78. The average Bonchev–Trinajstić information content (AvgIpc) is 2.48. The second kappa shape index (κ2) is 3.43. The van der Waals surface area contributed by atoms with Gasteiger partial charge in [-0.05, 0) is 30.5 Å². The Labute approximate surface area is 99.4 Å². The normalized spacial score (nSPS) is 17.3. The van der Waals surface area contributed by atoms with Gasteiger partial charge in [0.15, 0.2) is 0 Å². The van der Waals surface area contributed by atoms with Gasteiger partial charge in [0.1, 0.15) is 6.07 Å². The molecule has 15 heavy (non-hydrogen) atoms. The minimum atomic E-state index is 0.184. The summed E-state index contributed by atoms with van der Waals surface area (Å²) in [5.41, 5.74) is 3.11. The van der Waals surface area contributed by atoms with Crippen LogP contribution in [0, 0.1) is 18.3 Å². The van der Waals surface area contributed by atoms with Crippen LogP contribution in [-0.4, -0.2) is 4.75 Å². The molecule has 0 aromatic heterocycles. The molecule has 1 nitrogen and oxygen atoms in total. The van der Waals surface area contributed by atoms with E-state index in [1.165, 1.54) is 5.56 Å². The predicted molar refractivity (Wildman–Crippen MR) is 64.5 cm³/mol. The lowest BCUT2D eigenvalue weighted by Gasteiger charge is -2.14. The van der Waals surface area contributed by atoms with Gasteiger partial charge in [-0.15, -0.1) is 11.8 Å². The van der Waals surface area contributed by atoms with E-state index in [1.54, 1.807) is 17.8 Å². The molecular formula is C12H12ClNS. The highest BCUT2D eigenvalue weighted by atomic mass is 35.5. The molecule has 0 atom stereocenters. The number of thioether (sulfide) groups is 1. The highest BCUT2D eigenvalue weighted by Gasteiger charge is 2.33. The van der Waals surface area contributed by atoms with Crippen molar-refractivity contribution in [3.63, 3.8) is 0 Å². The summed E-state index contributed by atoms with van der Waals surface area (Å²) in [6, 6.07) is 4.01. The van der Waals surface area contributed by atoms with Crippen LogP contribution in [0.25, 0.3) is 0 Å². The summed E-state index contributed by atoms with van der Waals surface area (Å²) in [6.45, 7) is 6.43. The van der Waals surface area contributed by atoms with Crippen molar-refractivity contribution in [3.8, 4) is 6.07 Å². The Balaban J connectivity index is 2.67. The molecule has 0 unspecified atom stereocenters. The molecule has 0 aliphatic carbocycles. The van der Waals surface area contributed by atoms with E-state index in [1.807, 2.05) is 6.92 Å². The Morgan fingerprint density at radius 3 is 2.80 bits per heavy atom. The van der Waals surface area contributed by atoms with Crippen molar-refractivity contribution in [2.75, 3.05) is 0 Å². The Hall–Kier alpha value is -0.650. The maximum absolute atomic E-state index is 9.07. The van der Waals surface area contributed by atoms with Gasteiger partial charge in [0, 0.05) is 14.7 Å². The van der Waals surface area contributed by atoms with Gasteiger partial charge < -0.3 is 0 Å². The summed E-state index contributed by atoms with van der Waals surface area (Å²) in [4.78, 5) is 1.13. The van der Waals surface area contributed by atoms with Gasteiger partial charge >= 0.3 is 0 Å². The highest BCUT2D eigenvalue weighted by molar-refractivity contribution is 8.01. The summed E-state index contributed by atoms with van der Waals surface area (Å²) in [5.74, 6) is 0. The van der Waals surface area contributed by atoms with Crippen molar-refractivity contribution in [1.29, 1.82) is 5.26 Å². The lowest BCUT2D eigenvalue weighted by atomic mass is 9.97. The molecule has 0 spiro atoms. The van der Waals surface area contributed by atoms with Crippen LogP contribution in [0.5, 0.6) is 0 Å². The fraction of sp³-hybridized carbons (Fsp3) is 0.417. The summed E-state index contributed by atoms with van der Waals surface area (Å²) in [6.07, 6.45) is 0.994. The Morgan fingerprint density at radius 1 is 1.53 bits per heavy atom. The van der Waals surface area contributed by atoms with Crippen molar-refractivity contribution >= 4 is 23.4 Å². The molecule has 0 saturated carbocycles.